The Balaban J connectivity index is 1.27. The van der Waals surface area contributed by atoms with E-state index in [2.05, 4.69) is 9.72 Å². The Bertz CT molecular complexity index is 1200. The summed E-state index contributed by atoms with van der Waals surface area (Å²) in [6.45, 7) is 0.671. The van der Waals surface area contributed by atoms with Gasteiger partial charge in [0.2, 0.25) is 0 Å². The third-order valence-corrected chi connectivity index (χ3v) is 8.16. The molecule has 1 aliphatic heterocycles. The van der Waals surface area contributed by atoms with Gasteiger partial charge in [0.15, 0.2) is 0 Å². The van der Waals surface area contributed by atoms with Crippen LogP contribution in [0, 0.1) is 0 Å². The standard InChI is InChI=1S/C25H25N3O2S2/c1-27(12-7-10-19-16-21(26-30-19)18-8-3-2-4-9-18)24(29)23-20-11-15-31-17-22(20)32-25(23)28-13-5-6-14-28/h2-6,8-9,13-14,16H,7,10-12,15,17H2,1H3. The maximum absolute atomic E-state index is 13.5. The number of hydrogen-bond acceptors (Lipinski definition) is 5. The lowest BCUT2D eigenvalue weighted by Crippen LogP contribution is -2.29. The molecule has 0 atom stereocenters. The molecule has 0 saturated carbocycles. The van der Waals surface area contributed by atoms with Gasteiger partial charge < -0.3 is 14.0 Å². The molecule has 0 radical (unpaired) electrons. The molecule has 0 fully saturated rings. The molecule has 0 unspecified atom stereocenters. The fraction of sp³-hybridized carbons (Fsp3) is 0.280. The largest absolute Gasteiger partial charge is 0.361 e. The van der Waals surface area contributed by atoms with Gasteiger partial charge in [0.1, 0.15) is 16.5 Å². The van der Waals surface area contributed by atoms with Crippen molar-refractivity contribution in [1.82, 2.24) is 14.6 Å². The van der Waals surface area contributed by atoms with Crippen molar-refractivity contribution < 1.29 is 9.32 Å². The smallest absolute Gasteiger partial charge is 0.256 e. The predicted octanol–water partition coefficient (Wildman–Crippen LogP) is 5.69. The summed E-state index contributed by atoms with van der Waals surface area (Å²) in [7, 11) is 1.90. The lowest BCUT2D eigenvalue weighted by Gasteiger charge is -2.19. The van der Waals surface area contributed by atoms with Gasteiger partial charge in [-0.25, -0.2) is 0 Å². The molecule has 3 aromatic heterocycles. The molecule has 0 bridgehead atoms. The summed E-state index contributed by atoms with van der Waals surface area (Å²) in [6, 6.07) is 16.0. The SMILES string of the molecule is CN(CCCc1cc(-c2ccccc2)no1)C(=O)c1c(-n2cccc2)sc2c1CCSC2. The van der Waals surface area contributed by atoms with Crippen molar-refractivity contribution in [2.75, 3.05) is 19.3 Å². The fourth-order valence-electron chi connectivity index (χ4n) is 4.05. The fourth-order valence-corrected chi connectivity index (χ4v) is 6.49. The van der Waals surface area contributed by atoms with E-state index in [9.17, 15) is 4.79 Å². The molecular formula is C25H25N3O2S2. The van der Waals surface area contributed by atoms with Crippen molar-refractivity contribution in [3.63, 3.8) is 0 Å². The van der Waals surface area contributed by atoms with Gasteiger partial charge in [-0.1, -0.05) is 35.5 Å². The lowest BCUT2D eigenvalue weighted by molar-refractivity contribution is 0.0792. The molecule has 1 aliphatic rings. The van der Waals surface area contributed by atoms with E-state index in [1.807, 2.05) is 84.6 Å². The monoisotopic (exact) mass is 463 g/mol. The van der Waals surface area contributed by atoms with E-state index in [4.69, 9.17) is 4.52 Å². The number of thiophene rings is 1. The molecule has 0 saturated heterocycles. The zero-order chi connectivity index (χ0) is 21.9. The topological polar surface area (TPSA) is 51.3 Å². The van der Waals surface area contributed by atoms with Crippen molar-refractivity contribution >= 4 is 29.0 Å². The first-order valence-electron chi connectivity index (χ1n) is 10.8. The van der Waals surface area contributed by atoms with Crippen molar-refractivity contribution in [1.29, 1.82) is 0 Å². The molecular weight excluding hydrogens is 438 g/mol. The van der Waals surface area contributed by atoms with E-state index < -0.39 is 0 Å². The quantitative estimate of drug-likeness (QED) is 0.353. The number of hydrogen-bond donors (Lipinski definition) is 0. The van der Waals surface area contributed by atoms with Gasteiger partial charge in [0.05, 0.1) is 5.56 Å². The van der Waals surface area contributed by atoms with Gasteiger partial charge in [0.25, 0.3) is 5.91 Å². The third kappa shape index (κ3) is 4.27. The summed E-state index contributed by atoms with van der Waals surface area (Å²) in [4.78, 5) is 16.7. The lowest BCUT2D eigenvalue weighted by atomic mass is 10.1. The number of carbonyl (C=O) groups is 1. The second-order valence-corrected chi connectivity index (χ2v) is 10.1. The minimum Gasteiger partial charge on any atom is -0.361 e. The molecule has 164 valence electrons. The number of thioether (sulfide) groups is 1. The molecule has 5 nitrogen and oxygen atoms in total. The zero-order valence-corrected chi connectivity index (χ0v) is 19.6. The predicted molar refractivity (Wildman–Crippen MR) is 131 cm³/mol. The van der Waals surface area contributed by atoms with Gasteiger partial charge in [-0.05, 0) is 36.3 Å². The van der Waals surface area contributed by atoms with E-state index in [1.54, 1.807) is 11.3 Å². The highest BCUT2D eigenvalue weighted by molar-refractivity contribution is 7.98. The van der Waals surface area contributed by atoms with Crippen LogP contribution in [-0.2, 0) is 18.6 Å². The highest BCUT2D eigenvalue weighted by atomic mass is 32.2. The Morgan fingerprint density at radius 2 is 2.00 bits per heavy atom. The summed E-state index contributed by atoms with van der Waals surface area (Å²) >= 11 is 3.71. The first-order valence-corrected chi connectivity index (χ1v) is 12.8. The number of aromatic nitrogens is 2. The summed E-state index contributed by atoms with van der Waals surface area (Å²) < 4.78 is 7.60. The van der Waals surface area contributed by atoms with Crippen LogP contribution in [0.25, 0.3) is 16.3 Å². The van der Waals surface area contributed by atoms with Crippen LogP contribution >= 0.6 is 23.1 Å². The van der Waals surface area contributed by atoms with E-state index in [1.165, 1.54) is 10.4 Å². The summed E-state index contributed by atoms with van der Waals surface area (Å²) in [5, 5.41) is 5.23. The Morgan fingerprint density at radius 1 is 1.19 bits per heavy atom. The number of nitrogens with zero attached hydrogens (tertiary/aromatic N) is 3. The maximum atomic E-state index is 13.5. The second kappa shape index (κ2) is 9.38. The van der Waals surface area contributed by atoms with Crippen LogP contribution in [0.2, 0.25) is 0 Å². The molecule has 5 rings (SSSR count). The van der Waals surface area contributed by atoms with Gasteiger partial charge in [0, 0.05) is 54.7 Å². The minimum absolute atomic E-state index is 0.112. The molecule has 0 aliphatic carbocycles. The summed E-state index contributed by atoms with van der Waals surface area (Å²) in [5.41, 5.74) is 4.03. The van der Waals surface area contributed by atoms with Crippen LogP contribution in [0.3, 0.4) is 0 Å². The van der Waals surface area contributed by atoms with Crippen LogP contribution in [0.4, 0.5) is 0 Å². The molecule has 0 N–H and O–H groups in total. The average molecular weight is 464 g/mol. The Labute approximate surface area is 196 Å². The van der Waals surface area contributed by atoms with Crippen molar-refractivity contribution in [2.45, 2.75) is 25.0 Å². The highest BCUT2D eigenvalue weighted by Gasteiger charge is 2.28. The van der Waals surface area contributed by atoms with Gasteiger partial charge in [-0.3, -0.25) is 4.79 Å². The number of rotatable bonds is 7. The van der Waals surface area contributed by atoms with E-state index in [-0.39, 0.29) is 5.91 Å². The Kier molecular flexibility index (Phi) is 6.19. The Hall–Kier alpha value is -2.77. The van der Waals surface area contributed by atoms with Gasteiger partial charge >= 0.3 is 0 Å². The normalized spacial score (nSPS) is 13.2. The van der Waals surface area contributed by atoms with Crippen molar-refractivity contribution in [2.24, 2.45) is 0 Å². The third-order valence-electron chi connectivity index (χ3n) is 5.75. The molecule has 32 heavy (non-hydrogen) atoms. The van der Waals surface area contributed by atoms with E-state index in [0.717, 1.165) is 58.4 Å². The Morgan fingerprint density at radius 3 is 2.81 bits per heavy atom. The van der Waals surface area contributed by atoms with Gasteiger partial charge in [-0.2, -0.15) is 11.8 Å². The molecule has 0 spiro atoms. The van der Waals surface area contributed by atoms with Crippen LogP contribution in [0.5, 0.6) is 0 Å². The molecule has 1 aromatic carbocycles. The first-order chi connectivity index (χ1) is 15.7. The highest BCUT2D eigenvalue weighted by Crippen LogP contribution is 2.38. The number of carbonyl (C=O) groups excluding carboxylic acids is 1. The summed E-state index contributed by atoms with van der Waals surface area (Å²) in [6.07, 6.45) is 6.59. The molecule has 7 heteroatoms. The molecule has 4 heterocycles. The zero-order valence-electron chi connectivity index (χ0n) is 18.0. The van der Waals surface area contributed by atoms with Crippen LogP contribution in [-0.4, -0.2) is 39.9 Å². The van der Waals surface area contributed by atoms with E-state index in [0.29, 0.717) is 6.54 Å². The van der Waals surface area contributed by atoms with Gasteiger partial charge in [-0.15, -0.1) is 11.3 Å². The van der Waals surface area contributed by atoms with E-state index >= 15 is 0 Å². The second-order valence-electron chi connectivity index (χ2n) is 7.95. The summed E-state index contributed by atoms with van der Waals surface area (Å²) in [5.74, 6) is 3.04. The van der Waals surface area contributed by atoms with Crippen molar-refractivity contribution in [3.05, 3.63) is 82.7 Å². The van der Waals surface area contributed by atoms with Crippen LogP contribution < -0.4 is 0 Å². The molecule has 1 amide bonds. The average Bonchev–Trinajstić information content (AvgIpc) is 3.58. The number of fused-ring (bicyclic) bond motifs is 1. The number of benzene rings is 1. The van der Waals surface area contributed by atoms with Crippen LogP contribution in [0.1, 0.15) is 33.0 Å². The number of amides is 1. The van der Waals surface area contributed by atoms with Crippen molar-refractivity contribution in [3.8, 4) is 16.3 Å². The first kappa shape index (κ1) is 21.1. The number of aryl methyl sites for hydroxylation is 1. The van der Waals surface area contributed by atoms with Crippen LogP contribution in [0.15, 0.2) is 65.4 Å². The molecule has 4 aromatic rings. The maximum Gasteiger partial charge on any atom is 0.256 e. The minimum atomic E-state index is 0.112.